The number of halogens is 1. The molecule has 22 heavy (non-hydrogen) atoms. The summed E-state index contributed by atoms with van der Waals surface area (Å²) in [6.45, 7) is 4.81. The minimum absolute atomic E-state index is 0. The van der Waals surface area contributed by atoms with Gasteiger partial charge in [0, 0.05) is 36.6 Å². The normalized spacial score (nSPS) is 18.5. The fourth-order valence-corrected chi connectivity index (χ4v) is 3.27. The average molecular weight is 344 g/mol. The molecule has 7 heteroatoms. The van der Waals surface area contributed by atoms with E-state index in [1.165, 1.54) is 18.7 Å². The van der Waals surface area contributed by atoms with Gasteiger partial charge in [0.2, 0.25) is 11.8 Å². The third kappa shape index (κ3) is 5.19. The SMILES string of the molecule is CC(=O)Nc1ccc(SC(C)C(=O)N2CC[C@@H](N)C2)cc1.Cl. The predicted molar refractivity (Wildman–Crippen MR) is 92.5 cm³/mol. The summed E-state index contributed by atoms with van der Waals surface area (Å²) >= 11 is 1.52. The van der Waals surface area contributed by atoms with E-state index in [4.69, 9.17) is 5.73 Å². The molecule has 5 nitrogen and oxygen atoms in total. The van der Waals surface area contributed by atoms with Gasteiger partial charge < -0.3 is 16.0 Å². The van der Waals surface area contributed by atoms with Crippen molar-refractivity contribution in [1.29, 1.82) is 0 Å². The molecule has 1 aromatic rings. The molecule has 122 valence electrons. The van der Waals surface area contributed by atoms with E-state index in [2.05, 4.69) is 5.32 Å². The molecule has 0 aliphatic carbocycles. The Labute approximate surface area is 141 Å². The zero-order chi connectivity index (χ0) is 15.4. The third-order valence-electron chi connectivity index (χ3n) is 3.37. The highest BCUT2D eigenvalue weighted by Crippen LogP contribution is 2.26. The molecule has 0 saturated carbocycles. The lowest BCUT2D eigenvalue weighted by Gasteiger charge is -2.20. The second-order valence-corrected chi connectivity index (χ2v) is 6.71. The summed E-state index contributed by atoms with van der Waals surface area (Å²) in [4.78, 5) is 26.1. The van der Waals surface area contributed by atoms with Crippen molar-refractivity contribution in [3.05, 3.63) is 24.3 Å². The van der Waals surface area contributed by atoms with Gasteiger partial charge in [-0.2, -0.15) is 0 Å². The van der Waals surface area contributed by atoms with Crippen LogP contribution < -0.4 is 11.1 Å². The van der Waals surface area contributed by atoms with Gasteiger partial charge in [-0.15, -0.1) is 24.2 Å². The first-order valence-corrected chi connectivity index (χ1v) is 7.92. The highest BCUT2D eigenvalue weighted by Gasteiger charge is 2.27. The Morgan fingerprint density at radius 2 is 2.00 bits per heavy atom. The maximum atomic E-state index is 12.3. The molecule has 0 bridgehead atoms. The van der Waals surface area contributed by atoms with E-state index < -0.39 is 0 Å². The molecule has 1 aliphatic heterocycles. The predicted octanol–water partition coefficient (Wildman–Crippen LogP) is 2.11. The maximum Gasteiger partial charge on any atom is 0.235 e. The monoisotopic (exact) mass is 343 g/mol. The van der Waals surface area contributed by atoms with Crippen LogP contribution in [0.5, 0.6) is 0 Å². The fraction of sp³-hybridized carbons (Fsp3) is 0.467. The van der Waals surface area contributed by atoms with Gasteiger partial charge in [0.15, 0.2) is 0 Å². The molecule has 2 amide bonds. The van der Waals surface area contributed by atoms with E-state index in [1.54, 1.807) is 0 Å². The number of nitrogens with zero attached hydrogens (tertiary/aromatic N) is 1. The summed E-state index contributed by atoms with van der Waals surface area (Å²) < 4.78 is 0. The summed E-state index contributed by atoms with van der Waals surface area (Å²) in [5.41, 5.74) is 6.60. The van der Waals surface area contributed by atoms with Crippen molar-refractivity contribution < 1.29 is 9.59 Å². The van der Waals surface area contributed by atoms with Crippen LogP contribution in [0.1, 0.15) is 20.3 Å². The zero-order valence-corrected chi connectivity index (χ0v) is 14.4. The molecule has 2 rings (SSSR count). The number of hydrogen-bond donors (Lipinski definition) is 2. The van der Waals surface area contributed by atoms with Crippen molar-refractivity contribution in [1.82, 2.24) is 4.90 Å². The molecule has 2 atom stereocenters. The number of benzene rings is 1. The van der Waals surface area contributed by atoms with Crippen LogP contribution in [0.15, 0.2) is 29.2 Å². The van der Waals surface area contributed by atoms with Crippen molar-refractivity contribution in [2.24, 2.45) is 5.73 Å². The molecule has 1 unspecified atom stereocenters. The zero-order valence-electron chi connectivity index (χ0n) is 12.7. The quantitative estimate of drug-likeness (QED) is 0.821. The Bertz CT molecular complexity index is 524. The number of carbonyl (C=O) groups is 2. The second kappa shape index (κ2) is 8.41. The number of nitrogens with one attached hydrogen (secondary N) is 1. The van der Waals surface area contributed by atoms with Crippen LogP contribution in [0, 0.1) is 0 Å². The van der Waals surface area contributed by atoms with Crippen molar-refractivity contribution in [2.75, 3.05) is 18.4 Å². The van der Waals surface area contributed by atoms with Crippen LogP contribution in [0.25, 0.3) is 0 Å². The van der Waals surface area contributed by atoms with Crippen molar-refractivity contribution in [2.45, 2.75) is 36.5 Å². The maximum absolute atomic E-state index is 12.3. The van der Waals surface area contributed by atoms with Gasteiger partial charge in [-0.1, -0.05) is 0 Å². The minimum Gasteiger partial charge on any atom is -0.340 e. The first-order valence-electron chi connectivity index (χ1n) is 7.04. The largest absolute Gasteiger partial charge is 0.340 e. The highest BCUT2D eigenvalue weighted by atomic mass is 35.5. The standard InChI is InChI=1S/C15H21N3O2S.ClH/c1-10(15(20)18-8-7-12(16)9-18)21-14-5-3-13(4-6-14)17-11(2)19;/h3-6,10,12H,7-9,16H2,1-2H3,(H,17,19);1H/t10?,12-;/m1./s1. The van der Waals surface area contributed by atoms with Crippen LogP contribution >= 0.6 is 24.2 Å². The van der Waals surface area contributed by atoms with E-state index >= 15 is 0 Å². The van der Waals surface area contributed by atoms with Crippen LogP contribution in [0.2, 0.25) is 0 Å². The topological polar surface area (TPSA) is 75.4 Å². The van der Waals surface area contributed by atoms with Crippen molar-refractivity contribution in [3.63, 3.8) is 0 Å². The molecule has 1 aromatic carbocycles. The average Bonchev–Trinajstić information content (AvgIpc) is 2.86. The second-order valence-electron chi connectivity index (χ2n) is 5.30. The number of anilines is 1. The number of thioether (sulfide) groups is 1. The number of rotatable bonds is 4. The minimum atomic E-state index is -0.137. The highest BCUT2D eigenvalue weighted by molar-refractivity contribution is 8.00. The summed E-state index contributed by atoms with van der Waals surface area (Å²) in [5.74, 6) is 0.0446. The molecule has 3 N–H and O–H groups in total. The number of nitrogens with two attached hydrogens (primary N) is 1. The van der Waals surface area contributed by atoms with Gasteiger partial charge in [-0.3, -0.25) is 9.59 Å². The molecule has 1 aliphatic rings. The third-order valence-corrected chi connectivity index (χ3v) is 4.47. The summed E-state index contributed by atoms with van der Waals surface area (Å²) in [6, 6.07) is 7.62. The molecule has 1 fully saturated rings. The van der Waals surface area contributed by atoms with Gasteiger partial charge in [0.05, 0.1) is 5.25 Å². The molecule has 0 aromatic heterocycles. The Balaban J connectivity index is 0.00000242. The summed E-state index contributed by atoms with van der Waals surface area (Å²) in [6.07, 6.45) is 0.883. The summed E-state index contributed by atoms with van der Waals surface area (Å²) in [7, 11) is 0. The lowest BCUT2D eigenvalue weighted by molar-refractivity contribution is -0.129. The molecule has 1 heterocycles. The number of amides is 2. The van der Waals surface area contributed by atoms with Crippen LogP contribution in [-0.2, 0) is 9.59 Å². The van der Waals surface area contributed by atoms with Gasteiger partial charge in [0.25, 0.3) is 0 Å². The van der Waals surface area contributed by atoms with Crippen LogP contribution in [-0.4, -0.2) is 41.1 Å². The molecular formula is C15H22ClN3O2S. The fourth-order valence-electron chi connectivity index (χ4n) is 2.32. The van der Waals surface area contributed by atoms with Crippen LogP contribution in [0.4, 0.5) is 5.69 Å². The van der Waals surface area contributed by atoms with Gasteiger partial charge >= 0.3 is 0 Å². The van der Waals surface area contributed by atoms with Gasteiger partial charge in [-0.25, -0.2) is 0 Å². The van der Waals surface area contributed by atoms with Crippen LogP contribution in [0.3, 0.4) is 0 Å². The van der Waals surface area contributed by atoms with E-state index in [0.717, 1.165) is 23.5 Å². The Hall–Kier alpha value is -1.24. The van der Waals surface area contributed by atoms with E-state index in [9.17, 15) is 9.59 Å². The van der Waals surface area contributed by atoms with E-state index in [-0.39, 0.29) is 35.5 Å². The van der Waals surface area contributed by atoms with Crippen molar-refractivity contribution in [3.8, 4) is 0 Å². The first kappa shape index (κ1) is 18.8. The molecule has 0 radical (unpaired) electrons. The molecular weight excluding hydrogens is 322 g/mol. The number of carbonyl (C=O) groups excluding carboxylic acids is 2. The lowest BCUT2D eigenvalue weighted by atomic mass is 10.3. The summed E-state index contributed by atoms with van der Waals surface area (Å²) in [5, 5.41) is 2.58. The first-order chi connectivity index (χ1) is 9.95. The smallest absolute Gasteiger partial charge is 0.235 e. The molecule has 1 saturated heterocycles. The number of likely N-dealkylation sites (tertiary alicyclic amines) is 1. The lowest BCUT2D eigenvalue weighted by Crippen LogP contribution is -2.36. The Kier molecular flexibility index (Phi) is 7.19. The Morgan fingerprint density at radius 3 is 2.50 bits per heavy atom. The van der Waals surface area contributed by atoms with E-state index in [0.29, 0.717) is 6.54 Å². The Morgan fingerprint density at radius 1 is 1.36 bits per heavy atom. The van der Waals surface area contributed by atoms with Gasteiger partial charge in [0.1, 0.15) is 0 Å². The van der Waals surface area contributed by atoms with Gasteiger partial charge in [-0.05, 0) is 37.6 Å². The number of hydrogen-bond acceptors (Lipinski definition) is 4. The van der Waals surface area contributed by atoms with Crippen molar-refractivity contribution >= 4 is 41.7 Å². The van der Waals surface area contributed by atoms with E-state index in [1.807, 2.05) is 36.1 Å². The molecule has 0 spiro atoms.